The molecule has 6 heteroatoms. The lowest BCUT2D eigenvalue weighted by Gasteiger charge is -2.22. The summed E-state index contributed by atoms with van der Waals surface area (Å²) in [6.07, 6.45) is 5.20. The fraction of sp³-hybridized carbons (Fsp3) is 0.500. The summed E-state index contributed by atoms with van der Waals surface area (Å²) in [5, 5.41) is 2.73. The average Bonchev–Trinajstić information content (AvgIpc) is 2.39. The second kappa shape index (κ2) is 6.74. The maximum Gasteiger partial charge on any atom is 0.328 e. The van der Waals surface area contributed by atoms with Crippen molar-refractivity contribution in [1.29, 1.82) is 0 Å². The first-order chi connectivity index (χ1) is 9.55. The van der Waals surface area contributed by atoms with Crippen LogP contribution in [0.4, 0.5) is 4.79 Å². The molecule has 0 aliphatic heterocycles. The summed E-state index contributed by atoms with van der Waals surface area (Å²) in [6, 6.07) is 8.28. The molecule has 0 unspecified atom stereocenters. The minimum absolute atomic E-state index is 0.0932. The topological polar surface area (TPSA) is 75.3 Å². The fourth-order valence-electron chi connectivity index (χ4n) is 2.43. The Morgan fingerprint density at radius 2 is 1.75 bits per heavy atom. The van der Waals surface area contributed by atoms with E-state index in [0.717, 1.165) is 25.7 Å². The molecule has 1 aromatic carbocycles. The van der Waals surface area contributed by atoms with Crippen molar-refractivity contribution in [3.05, 3.63) is 35.9 Å². The predicted octanol–water partition coefficient (Wildman–Crippen LogP) is 2.15. The highest BCUT2D eigenvalue weighted by atomic mass is 32.2. The Morgan fingerprint density at radius 3 is 2.40 bits per heavy atom. The van der Waals surface area contributed by atoms with Gasteiger partial charge in [-0.15, -0.1) is 0 Å². The largest absolute Gasteiger partial charge is 0.335 e. The summed E-state index contributed by atoms with van der Waals surface area (Å²) in [4.78, 5) is 11.7. The van der Waals surface area contributed by atoms with Gasteiger partial charge in [0.2, 0.25) is 10.0 Å². The molecule has 0 bridgehead atoms. The second-order valence-corrected chi connectivity index (χ2v) is 6.88. The molecule has 110 valence electrons. The monoisotopic (exact) mass is 296 g/mol. The number of benzene rings is 1. The number of amides is 2. The number of carbonyl (C=O) groups excluding carboxylic acids is 1. The fourth-order valence-corrected chi connectivity index (χ4v) is 3.48. The van der Waals surface area contributed by atoms with Crippen molar-refractivity contribution in [1.82, 2.24) is 10.0 Å². The zero-order chi connectivity index (χ0) is 14.4. The number of hydrogen-bond acceptors (Lipinski definition) is 3. The van der Waals surface area contributed by atoms with Crippen molar-refractivity contribution < 1.29 is 13.2 Å². The first kappa shape index (κ1) is 14.8. The lowest BCUT2D eigenvalue weighted by atomic mass is 9.96. The van der Waals surface area contributed by atoms with Crippen LogP contribution in [0.1, 0.15) is 37.7 Å². The van der Waals surface area contributed by atoms with Gasteiger partial charge in [0, 0.05) is 6.04 Å². The van der Waals surface area contributed by atoms with Gasteiger partial charge in [0.1, 0.15) is 0 Å². The Labute approximate surface area is 119 Å². The number of rotatable bonds is 4. The van der Waals surface area contributed by atoms with E-state index in [-0.39, 0.29) is 11.8 Å². The summed E-state index contributed by atoms with van der Waals surface area (Å²) in [6.45, 7) is 0. The van der Waals surface area contributed by atoms with E-state index in [1.807, 2.05) is 6.07 Å². The average molecular weight is 296 g/mol. The number of urea groups is 1. The van der Waals surface area contributed by atoms with Gasteiger partial charge in [-0.2, -0.15) is 0 Å². The molecule has 0 radical (unpaired) electrons. The molecular weight excluding hydrogens is 276 g/mol. The van der Waals surface area contributed by atoms with Crippen molar-refractivity contribution in [3.63, 3.8) is 0 Å². The first-order valence-corrected chi connectivity index (χ1v) is 8.55. The van der Waals surface area contributed by atoms with Gasteiger partial charge in [-0.3, -0.25) is 0 Å². The van der Waals surface area contributed by atoms with Crippen LogP contribution in [0.5, 0.6) is 0 Å². The molecule has 0 spiro atoms. The van der Waals surface area contributed by atoms with Crippen LogP contribution in [0, 0.1) is 0 Å². The molecule has 2 amide bonds. The van der Waals surface area contributed by atoms with E-state index in [0.29, 0.717) is 5.56 Å². The van der Waals surface area contributed by atoms with E-state index in [4.69, 9.17) is 0 Å². The molecule has 0 heterocycles. The van der Waals surface area contributed by atoms with Crippen LogP contribution in [0.3, 0.4) is 0 Å². The smallest absolute Gasteiger partial charge is 0.328 e. The maximum atomic E-state index is 11.9. The van der Waals surface area contributed by atoms with Gasteiger partial charge in [0.15, 0.2) is 0 Å². The van der Waals surface area contributed by atoms with Crippen molar-refractivity contribution >= 4 is 16.1 Å². The highest BCUT2D eigenvalue weighted by molar-refractivity contribution is 7.89. The van der Waals surface area contributed by atoms with Crippen LogP contribution < -0.4 is 10.0 Å². The minimum Gasteiger partial charge on any atom is -0.335 e. The molecule has 5 nitrogen and oxygen atoms in total. The maximum absolute atomic E-state index is 11.9. The molecule has 1 aliphatic carbocycles. The molecule has 0 saturated heterocycles. The summed E-state index contributed by atoms with van der Waals surface area (Å²) in [7, 11) is -3.65. The van der Waals surface area contributed by atoms with E-state index in [1.165, 1.54) is 6.42 Å². The summed E-state index contributed by atoms with van der Waals surface area (Å²) < 4.78 is 25.8. The Kier molecular flexibility index (Phi) is 5.00. The van der Waals surface area contributed by atoms with E-state index in [9.17, 15) is 13.2 Å². The summed E-state index contributed by atoms with van der Waals surface area (Å²) >= 11 is 0. The standard InChI is InChI=1S/C14H20N2O3S/c17-14(15-13-9-5-2-6-10-13)16-20(18,19)11-12-7-3-1-4-8-12/h1,3-4,7-8,13H,2,5-6,9-11H2,(H2,15,16,17). The molecule has 1 saturated carbocycles. The molecule has 1 aliphatic rings. The van der Waals surface area contributed by atoms with Crippen LogP contribution in [-0.2, 0) is 15.8 Å². The Hall–Kier alpha value is -1.56. The van der Waals surface area contributed by atoms with Crippen LogP contribution in [0.25, 0.3) is 0 Å². The molecule has 2 N–H and O–H groups in total. The van der Waals surface area contributed by atoms with Gasteiger partial charge >= 0.3 is 6.03 Å². The van der Waals surface area contributed by atoms with E-state index in [2.05, 4.69) is 10.0 Å². The number of nitrogens with one attached hydrogen (secondary N) is 2. The van der Waals surface area contributed by atoms with Crippen molar-refractivity contribution in [2.75, 3.05) is 0 Å². The highest BCUT2D eigenvalue weighted by Crippen LogP contribution is 2.17. The van der Waals surface area contributed by atoms with E-state index < -0.39 is 16.1 Å². The number of carbonyl (C=O) groups is 1. The molecule has 0 aromatic heterocycles. The van der Waals surface area contributed by atoms with Gasteiger partial charge in [-0.25, -0.2) is 17.9 Å². The third-order valence-electron chi connectivity index (χ3n) is 3.39. The molecular formula is C14H20N2O3S. The Balaban J connectivity index is 1.86. The molecule has 2 rings (SSSR count). The van der Waals surface area contributed by atoms with E-state index >= 15 is 0 Å². The van der Waals surface area contributed by atoms with Crippen molar-refractivity contribution in [3.8, 4) is 0 Å². The lowest BCUT2D eigenvalue weighted by molar-refractivity contribution is 0.237. The lowest BCUT2D eigenvalue weighted by Crippen LogP contribution is -2.45. The zero-order valence-electron chi connectivity index (χ0n) is 11.3. The van der Waals surface area contributed by atoms with Gasteiger partial charge in [-0.05, 0) is 18.4 Å². The molecule has 1 fully saturated rings. The molecule has 20 heavy (non-hydrogen) atoms. The Morgan fingerprint density at radius 1 is 1.10 bits per heavy atom. The van der Waals surface area contributed by atoms with Crippen LogP contribution >= 0.6 is 0 Å². The molecule has 0 atom stereocenters. The van der Waals surface area contributed by atoms with Gasteiger partial charge in [0.05, 0.1) is 5.75 Å². The Bertz CT molecular complexity index is 537. The van der Waals surface area contributed by atoms with Gasteiger partial charge in [0.25, 0.3) is 0 Å². The number of sulfonamides is 1. The van der Waals surface area contributed by atoms with Crippen LogP contribution in [0.2, 0.25) is 0 Å². The summed E-state index contributed by atoms with van der Waals surface area (Å²) in [5.41, 5.74) is 0.658. The third-order valence-corrected chi connectivity index (χ3v) is 4.60. The number of hydrogen-bond donors (Lipinski definition) is 2. The predicted molar refractivity (Wildman–Crippen MR) is 77.6 cm³/mol. The third kappa shape index (κ3) is 4.85. The van der Waals surface area contributed by atoms with Crippen molar-refractivity contribution in [2.45, 2.75) is 43.9 Å². The zero-order valence-corrected chi connectivity index (χ0v) is 12.2. The summed E-state index contributed by atoms with van der Waals surface area (Å²) in [5.74, 6) is -0.189. The minimum atomic E-state index is -3.65. The van der Waals surface area contributed by atoms with E-state index in [1.54, 1.807) is 24.3 Å². The molecule has 1 aromatic rings. The van der Waals surface area contributed by atoms with Gasteiger partial charge < -0.3 is 5.32 Å². The quantitative estimate of drug-likeness (QED) is 0.894. The normalized spacial score (nSPS) is 16.6. The highest BCUT2D eigenvalue weighted by Gasteiger charge is 2.19. The second-order valence-electron chi connectivity index (χ2n) is 5.16. The van der Waals surface area contributed by atoms with Crippen molar-refractivity contribution in [2.24, 2.45) is 0 Å². The SMILES string of the molecule is O=C(NC1CCCCC1)NS(=O)(=O)Cc1ccccc1. The van der Waals surface area contributed by atoms with Crippen LogP contribution in [0.15, 0.2) is 30.3 Å². The van der Waals surface area contributed by atoms with Crippen LogP contribution in [-0.4, -0.2) is 20.5 Å². The van der Waals surface area contributed by atoms with Gasteiger partial charge in [-0.1, -0.05) is 49.6 Å². The first-order valence-electron chi connectivity index (χ1n) is 6.90.